The maximum Gasteiger partial charge on any atom is 0.417 e. The van der Waals surface area contributed by atoms with Crippen LogP contribution in [0.15, 0.2) is 42.7 Å². The summed E-state index contributed by atoms with van der Waals surface area (Å²) in [4.78, 5) is 15.3. The molecule has 0 aliphatic rings. The first-order chi connectivity index (χ1) is 9.38. The quantitative estimate of drug-likeness (QED) is 0.858. The van der Waals surface area contributed by atoms with Crippen molar-refractivity contribution in [1.82, 2.24) is 4.98 Å². The molecular formula is C13H8F4N2O. The van der Waals surface area contributed by atoms with E-state index in [4.69, 9.17) is 0 Å². The molecule has 0 unspecified atom stereocenters. The molecule has 0 fully saturated rings. The molecule has 0 bridgehead atoms. The number of carbonyl (C=O) groups excluding carboxylic acids is 1. The van der Waals surface area contributed by atoms with Crippen molar-refractivity contribution in [2.24, 2.45) is 0 Å². The maximum atomic E-state index is 12.7. The van der Waals surface area contributed by atoms with Crippen molar-refractivity contribution >= 4 is 11.6 Å². The summed E-state index contributed by atoms with van der Waals surface area (Å²) >= 11 is 0. The van der Waals surface area contributed by atoms with Crippen LogP contribution in [-0.4, -0.2) is 10.9 Å². The number of hydrogen-bond donors (Lipinski definition) is 1. The number of aromatic nitrogens is 1. The van der Waals surface area contributed by atoms with Gasteiger partial charge in [-0.1, -0.05) is 0 Å². The number of rotatable bonds is 2. The van der Waals surface area contributed by atoms with Gasteiger partial charge in [-0.15, -0.1) is 0 Å². The van der Waals surface area contributed by atoms with E-state index >= 15 is 0 Å². The summed E-state index contributed by atoms with van der Waals surface area (Å²) < 4.78 is 50.9. The topological polar surface area (TPSA) is 42.0 Å². The Morgan fingerprint density at radius 3 is 2.35 bits per heavy atom. The van der Waals surface area contributed by atoms with Gasteiger partial charge in [0, 0.05) is 18.1 Å². The highest BCUT2D eigenvalue weighted by Crippen LogP contribution is 2.31. The Bertz CT molecular complexity index is 623. The molecule has 1 amide bonds. The van der Waals surface area contributed by atoms with Gasteiger partial charge in [-0.2, -0.15) is 13.2 Å². The van der Waals surface area contributed by atoms with Crippen molar-refractivity contribution in [2.45, 2.75) is 6.18 Å². The Balaban J connectivity index is 2.28. The first-order valence-electron chi connectivity index (χ1n) is 5.46. The largest absolute Gasteiger partial charge is 0.417 e. The molecule has 104 valence electrons. The van der Waals surface area contributed by atoms with Crippen LogP contribution < -0.4 is 5.32 Å². The van der Waals surface area contributed by atoms with Crippen LogP contribution >= 0.6 is 0 Å². The molecule has 0 saturated carbocycles. The molecule has 0 aliphatic carbocycles. The van der Waals surface area contributed by atoms with Gasteiger partial charge in [0.15, 0.2) is 0 Å². The van der Waals surface area contributed by atoms with Crippen molar-refractivity contribution in [3.63, 3.8) is 0 Å². The van der Waals surface area contributed by atoms with Crippen LogP contribution in [0.4, 0.5) is 23.2 Å². The number of benzene rings is 1. The standard InChI is InChI=1S/C13H8F4N2O/c14-8-1-3-9(4-2-8)19-12(20)10-7-18-6-5-11(10)13(15,16)17/h1-7H,(H,19,20). The lowest BCUT2D eigenvalue weighted by Crippen LogP contribution is -2.19. The molecule has 2 rings (SSSR count). The van der Waals surface area contributed by atoms with Gasteiger partial charge in [0.2, 0.25) is 0 Å². The smallest absolute Gasteiger partial charge is 0.322 e. The fourth-order valence-corrected chi connectivity index (χ4v) is 1.55. The van der Waals surface area contributed by atoms with E-state index in [2.05, 4.69) is 10.3 Å². The van der Waals surface area contributed by atoms with Crippen LogP contribution in [0.1, 0.15) is 15.9 Å². The van der Waals surface area contributed by atoms with Crippen LogP contribution in [-0.2, 0) is 6.18 Å². The fraction of sp³-hybridized carbons (Fsp3) is 0.0769. The molecule has 0 aliphatic heterocycles. The van der Waals surface area contributed by atoms with Gasteiger partial charge in [0.25, 0.3) is 5.91 Å². The number of pyridine rings is 1. The molecular weight excluding hydrogens is 276 g/mol. The second-order valence-electron chi connectivity index (χ2n) is 3.88. The highest BCUT2D eigenvalue weighted by atomic mass is 19.4. The Morgan fingerprint density at radius 2 is 1.75 bits per heavy atom. The first-order valence-corrected chi connectivity index (χ1v) is 5.46. The SMILES string of the molecule is O=C(Nc1ccc(F)cc1)c1cnccc1C(F)(F)F. The van der Waals surface area contributed by atoms with Crippen molar-refractivity contribution in [2.75, 3.05) is 5.32 Å². The van der Waals surface area contributed by atoms with Gasteiger partial charge >= 0.3 is 6.18 Å². The van der Waals surface area contributed by atoms with Crippen molar-refractivity contribution in [3.8, 4) is 0 Å². The van der Waals surface area contributed by atoms with Crippen LogP contribution in [0.5, 0.6) is 0 Å². The lowest BCUT2D eigenvalue weighted by molar-refractivity contribution is -0.137. The molecule has 0 atom stereocenters. The minimum Gasteiger partial charge on any atom is -0.322 e. The third-order valence-corrected chi connectivity index (χ3v) is 2.47. The van der Waals surface area contributed by atoms with E-state index in [-0.39, 0.29) is 5.69 Å². The molecule has 2 aromatic rings. The molecule has 1 aromatic carbocycles. The fourth-order valence-electron chi connectivity index (χ4n) is 1.55. The number of carbonyl (C=O) groups is 1. The highest BCUT2D eigenvalue weighted by Gasteiger charge is 2.35. The van der Waals surface area contributed by atoms with Crippen LogP contribution in [0.3, 0.4) is 0 Å². The van der Waals surface area contributed by atoms with Gasteiger partial charge in [-0.05, 0) is 30.3 Å². The molecule has 0 radical (unpaired) electrons. The van der Waals surface area contributed by atoms with Crippen molar-refractivity contribution in [3.05, 3.63) is 59.7 Å². The molecule has 0 spiro atoms. The zero-order valence-corrected chi connectivity index (χ0v) is 9.91. The lowest BCUT2D eigenvalue weighted by atomic mass is 10.1. The number of hydrogen-bond acceptors (Lipinski definition) is 2. The number of anilines is 1. The van der Waals surface area contributed by atoms with Crippen LogP contribution in [0.2, 0.25) is 0 Å². The van der Waals surface area contributed by atoms with E-state index < -0.39 is 29.0 Å². The number of nitrogens with one attached hydrogen (secondary N) is 1. The third kappa shape index (κ3) is 3.11. The number of amides is 1. The minimum absolute atomic E-state index is 0.188. The average Bonchev–Trinajstić information content (AvgIpc) is 2.40. The Morgan fingerprint density at radius 1 is 1.10 bits per heavy atom. The van der Waals surface area contributed by atoms with Gasteiger partial charge in [0.05, 0.1) is 11.1 Å². The average molecular weight is 284 g/mol. The molecule has 1 N–H and O–H groups in total. The third-order valence-electron chi connectivity index (χ3n) is 2.47. The molecule has 20 heavy (non-hydrogen) atoms. The molecule has 3 nitrogen and oxygen atoms in total. The second-order valence-corrected chi connectivity index (χ2v) is 3.88. The monoisotopic (exact) mass is 284 g/mol. The minimum atomic E-state index is -4.65. The highest BCUT2D eigenvalue weighted by molar-refractivity contribution is 6.05. The number of alkyl halides is 3. The van der Waals surface area contributed by atoms with E-state index in [9.17, 15) is 22.4 Å². The lowest BCUT2D eigenvalue weighted by Gasteiger charge is -2.12. The zero-order valence-electron chi connectivity index (χ0n) is 9.91. The Kier molecular flexibility index (Phi) is 3.69. The summed E-state index contributed by atoms with van der Waals surface area (Å²) in [6.07, 6.45) is -2.86. The zero-order chi connectivity index (χ0) is 14.8. The summed E-state index contributed by atoms with van der Waals surface area (Å²) in [6.45, 7) is 0. The van der Waals surface area contributed by atoms with Crippen molar-refractivity contribution < 1.29 is 22.4 Å². The summed E-state index contributed by atoms with van der Waals surface area (Å²) in [6, 6.07) is 5.39. The molecule has 0 saturated heterocycles. The first kappa shape index (κ1) is 14.0. The summed E-state index contributed by atoms with van der Waals surface area (Å²) in [7, 11) is 0. The van der Waals surface area contributed by atoms with Gasteiger partial charge < -0.3 is 5.32 Å². The van der Waals surface area contributed by atoms with E-state index in [1.54, 1.807) is 0 Å². The predicted molar refractivity (Wildman–Crippen MR) is 63.6 cm³/mol. The van der Waals surface area contributed by atoms with Crippen LogP contribution in [0, 0.1) is 5.82 Å². The van der Waals surface area contributed by atoms with E-state index in [1.807, 2.05) is 0 Å². The summed E-state index contributed by atoms with van der Waals surface area (Å²) in [5.74, 6) is -1.47. The second kappa shape index (κ2) is 5.28. The predicted octanol–water partition coefficient (Wildman–Crippen LogP) is 3.49. The van der Waals surface area contributed by atoms with Crippen molar-refractivity contribution in [1.29, 1.82) is 0 Å². The normalized spacial score (nSPS) is 11.2. The molecule has 1 heterocycles. The van der Waals surface area contributed by atoms with E-state index in [0.717, 1.165) is 30.6 Å². The Labute approximate surface area is 111 Å². The van der Waals surface area contributed by atoms with Gasteiger partial charge in [-0.25, -0.2) is 4.39 Å². The Hall–Kier alpha value is -2.44. The van der Waals surface area contributed by atoms with Gasteiger partial charge in [-0.3, -0.25) is 9.78 Å². The molecule has 1 aromatic heterocycles. The maximum absolute atomic E-state index is 12.7. The van der Waals surface area contributed by atoms with Crippen LogP contribution in [0.25, 0.3) is 0 Å². The number of halogens is 4. The van der Waals surface area contributed by atoms with Gasteiger partial charge in [0.1, 0.15) is 5.82 Å². The van der Waals surface area contributed by atoms with E-state index in [0.29, 0.717) is 0 Å². The molecule has 7 heteroatoms. The summed E-state index contributed by atoms with van der Waals surface area (Å²) in [5.41, 5.74) is -1.48. The number of nitrogens with zero attached hydrogens (tertiary/aromatic N) is 1. The van der Waals surface area contributed by atoms with E-state index in [1.165, 1.54) is 12.1 Å². The summed E-state index contributed by atoms with van der Waals surface area (Å²) in [5, 5.41) is 2.25.